The Bertz CT molecular complexity index is 575. The van der Waals surface area contributed by atoms with Crippen molar-refractivity contribution in [3.05, 3.63) is 53.1 Å². The van der Waals surface area contributed by atoms with Crippen LogP contribution in [0.2, 0.25) is 0 Å². The highest BCUT2D eigenvalue weighted by Gasteiger charge is 2.10. The Morgan fingerprint density at radius 1 is 1.37 bits per heavy atom. The molecule has 0 radical (unpaired) electrons. The molecule has 0 aliphatic carbocycles. The number of thiazole rings is 1. The van der Waals surface area contributed by atoms with Crippen molar-refractivity contribution in [3.8, 4) is 0 Å². The average molecular weight is 273 g/mol. The molecule has 19 heavy (non-hydrogen) atoms. The van der Waals surface area contributed by atoms with Crippen molar-refractivity contribution in [1.29, 1.82) is 0 Å². The maximum absolute atomic E-state index is 11.7. The molecular formula is C15H17N2OS+. The van der Waals surface area contributed by atoms with Crippen LogP contribution in [-0.4, -0.2) is 5.91 Å². The second kappa shape index (κ2) is 6.29. The van der Waals surface area contributed by atoms with Crippen LogP contribution in [0, 0.1) is 0 Å². The molecule has 2 rings (SSSR count). The van der Waals surface area contributed by atoms with Gasteiger partial charge in [0.1, 0.15) is 6.54 Å². The average Bonchev–Trinajstić information content (AvgIpc) is 2.87. The summed E-state index contributed by atoms with van der Waals surface area (Å²) in [6.07, 6.45) is 5.85. The van der Waals surface area contributed by atoms with Crippen LogP contribution in [0.4, 0.5) is 5.69 Å². The summed E-state index contributed by atoms with van der Waals surface area (Å²) >= 11 is 1.66. The molecule has 1 aromatic heterocycles. The van der Waals surface area contributed by atoms with E-state index >= 15 is 0 Å². The highest BCUT2D eigenvalue weighted by molar-refractivity contribution is 7.10. The molecule has 0 N–H and O–H groups in total. The largest absolute Gasteiger partial charge is 0.288 e. The number of carbonyl (C=O) groups is 1. The van der Waals surface area contributed by atoms with Crippen molar-refractivity contribution >= 4 is 29.0 Å². The number of benzene rings is 1. The quantitative estimate of drug-likeness (QED) is 0.786. The first-order valence-electron chi connectivity index (χ1n) is 6.22. The number of rotatable bonds is 4. The molecule has 0 saturated heterocycles. The van der Waals surface area contributed by atoms with E-state index in [1.807, 2.05) is 54.2 Å². The Morgan fingerprint density at radius 2 is 2.11 bits per heavy atom. The molecule has 2 aromatic rings. The number of aryl methyl sites for hydroxylation is 1. The molecule has 4 heteroatoms. The first-order valence-corrected chi connectivity index (χ1v) is 7.10. The van der Waals surface area contributed by atoms with Gasteiger partial charge in [0.2, 0.25) is 5.91 Å². The standard InChI is InChI=1S/C15H17N2OS/c1-3-16-11-12-19-15(16)9-10-17(13(2)18)14-7-5-4-6-8-14/h4-12H,3H2,1-2H3/q+1. The van der Waals surface area contributed by atoms with Crippen LogP contribution in [0.1, 0.15) is 18.9 Å². The van der Waals surface area contributed by atoms with E-state index in [4.69, 9.17) is 0 Å². The summed E-state index contributed by atoms with van der Waals surface area (Å²) in [5, 5.41) is 3.17. The molecular weight excluding hydrogens is 256 g/mol. The van der Waals surface area contributed by atoms with Gasteiger partial charge in [-0.1, -0.05) is 29.5 Å². The van der Waals surface area contributed by atoms with E-state index in [9.17, 15) is 4.79 Å². The number of para-hydroxylation sites is 1. The van der Waals surface area contributed by atoms with Gasteiger partial charge in [-0.15, -0.1) is 0 Å². The van der Waals surface area contributed by atoms with Crippen molar-refractivity contribution in [3.63, 3.8) is 0 Å². The van der Waals surface area contributed by atoms with E-state index in [1.165, 1.54) is 0 Å². The first-order chi connectivity index (χ1) is 9.22. The van der Waals surface area contributed by atoms with Crippen molar-refractivity contribution < 1.29 is 9.36 Å². The zero-order valence-corrected chi connectivity index (χ0v) is 11.9. The van der Waals surface area contributed by atoms with Gasteiger partial charge >= 0.3 is 0 Å². The van der Waals surface area contributed by atoms with Gasteiger partial charge in [-0.05, 0) is 19.1 Å². The zero-order chi connectivity index (χ0) is 13.7. The molecule has 0 unspecified atom stereocenters. The summed E-state index contributed by atoms with van der Waals surface area (Å²) in [4.78, 5) is 13.4. The van der Waals surface area contributed by atoms with Crippen molar-refractivity contribution in [2.75, 3.05) is 4.90 Å². The van der Waals surface area contributed by atoms with E-state index < -0.39 is 0 Å². The first kappa shape index (κ1) is 13.5. The summed E-state index contributed by atoms with van der Waals surface area (Å²) in [5.74, 6) is 0.00190. The van der Waals surface area contributed by atoms with Gasteiger partial charge in [0, 0.05) is 24.9 Å². The maximum atomic E-state index is 11.7. The van der Waals surface area contributed by atoms with Gasteiger partial charge in [0.25, 0.3) is 5.01 Å². The van der Waals surface area contributed by atoms with Gasteiger partial charge in [-0.2, -0.15) is 4.57 Å². The number of hydrogen-bond acceptors (Lipinski definition) is 2. The predicted octanol–water partition coefficient (Wildman–Crippen LogP) is 3.08. The summed E-state index contributed by atoms with van der Waals surface area (Å²) in [7, 11) is 0. The number of carbonyl (C=O) groups excluding carboxylic acids is 1. The van der Waals surface area contributed by atoms with Gasteiger partial charge in [-0.3, -0.25) is 9.69 Å². The minimum absolute atomic E-state index is 0.00190. The highest BCUT2D eigenvalue weighted by atomic mass is 32.1. The summed E-state index contributed by atoms with van der Waals surface area (Å²) in [6.45, 7) is 4.60. The van der Waals surface area contributed by atoms with E-state index in [-0.39, 0.29) is 5.91 Å². The predicted molar refractivity (Wildman–Crippen MR) is 78.8 cm³/mol. The van der Waals surface area contributed by atoms with Gasteiger partial charge in [0.05, 0.1) is 5.38 Å². The molecule has 3 nitrogen and oxygen atoms in total. The lowest BCUT2D eigenvalue weighted by Gasteiger charge is -2.15. The Balaban J connectivity index is 2.25. The summed E-state index contributed by atoms with van der Waals surface area (Å²) in [5.41, 5.74) is 0.880. The zero-order valence-electron chi connectivity index (χ0n) is 11.1. The van der Waals surface area contributed by atoms with Crippen LogP contribution in [0.15, 0.2) is 48.1 Å². The van der Waals surface area contributed by atoms with Crippen LogP contribution in [-0.2, 0) is 11.3 Å². The van der Waals surface area contributed by atoms with E-state index in [0.29, 0.717) is 0 Å². The number of nitrogens with zero attached hydrogens (tertiary/aromatic N) is 2. The molecule has 0 aliphatic heterocycles. The second-order valence-electron chi connectivity index (χ2n) is 4.07. The lowest BCUT2D eigenvalue weighted by Crippen LogP contribution is -2.32. The van der Waals surface area contributed by atoms with Crippen LogP contribution in [0.5, 0.6) is 0 Å². The summed E-state index contributed by atoms with van der Waals surface area (Å²) in [6, 6.07) is 9.64. The van der Waals surface area contributed by atoms with Crippen LogP contribution < -0.4 is 9.47 Å². The van der Waals surface area contributed by atoms with Crippen molar-refractivity contribution in [1.82, 2.24) is 0 Å². The van der Waals surface area contributed by atoms with E-state index in [2.05, 4.69) is 11.5 Å². The summed E-state index contributed by atoms with van der Waals surface area (Å²) < 4.78 is 2.14. The normalized spacial score (nSPS) is 10.8. The Kier molecular flexibility index (Phi) is 4.47. The number of amides is 1. The lowest BCUT2D eigenvalue weighted by atomic mass is 10.3. The molecule has 98 valence electrons. The smallest absolute Gasteiger partial charge is 0.263 e. The molecule has 1 aromatic carbocycles. The molecule has 0 atom stereocenters. The van der Waals surface area contributed by atoms with Crippen LogP contribution in [0.25, 0.3) is 6.08 Å². The fourth-order valence-electron chi connectivity index (χ4n) is 1.81. The SMILES string of the molecule is CC[n+]1ccsc1/C=C/N(C(C)=O)c1ccccc1. The maximum Gasteiger partial charge on any atom is 0.263 e. The fourth-order valence-corrected chi connectivity index (χ4v) is 2.62. The minimum Gasteiger partial charge on any atom is -0.288 e. The molecule has 1 heterocycles. The molecule has 0 spiro atoms. The van der Waals surface area contributed by atoms with Gasteiger partial charge in [-0.25, -0.2) is 0 Å². The van der Waals surface area contributed by atoms with Gasteiger partial charge < -0.3 is 0 Å². The van der Waals surface area contributed by atoms with E-state index in [1.54, 1.807) is 23.2 Å². The van der Waals surface area contributed by atoms with E-state index in [0.717, 1.165) is 17.2 Å². The third-order valence-electron chi connectivity index (χ3n) is 2.79. The van der Waals surface area contributed by atoms with Crippen molar-refractivity contribution in [2.24, 2.45) is 0 Å². The van der Waals surface area contributed by atoms with Crippen LogP contribution >= 0.6 is 11.3 Å². The molecule has 1 amide bonds. The van der Waals surface area contributed by atoms with Crippen molar-refractivity contribution in [2.45, 2.75) is 20.4 Å². The Morgan fingerprint density at radius 3 is 2.74 bits per heavy atom. The fraction of sp³-hybridized carbons (Fsp3) is 0.200. The lowest BCUT2D eigenvalue weighted by molar-refractivity contribution is -0.690. The highest BCUT2D eigenvalue weighted by Crippen LogP contribution is 2.15. The molecule has 0 bridgehead atoms. The second-order valence-corrected chi connectivity index (χ2v) is 4.99. The van der Waals surface area contributed by atoms with Gasteiger partial charge in [0.15, 0.2) is 6.20 Å². The molecule has 0 saturated carbocycles. The Hall–Kier alpha value is -1.94. The van der Waals surface area contributed by atoms with Crippen LogP contribution in [0.3, 0.4) is 0 Å². The minimum atomic E-state index is 0.00190. The number of hydrogen-bond donors (Lipinski definition) is 0. The Labute approximate surface area is 117 Å². The molecule has 0 fully saturated rings. The number of anilines is 1. The topological polar surface area (TPSA) is 24.2 Å². The molecule has 0 aliphatic rings. The third-order valence-corrected chi connectivity index (χ3v) is 3.66. The third kappa shape index (κ3) is 3.29. The number of aromatic nitrogens is 1. The monoisotopic (exact) mass is 273 g/mol.